The van der Waals surface area contributed by atoms with Crippen LogP contribution in [0.3, 0.4) is 0 Å². The molecule has 2 heterocycles. The molecular weight excluding hydrogens is 423 g/mol. The van der Waals surface area contributed by atoms with Crippen LogP contribution >= 0.6 is 0 Å². The summed E-state index contributed by atoms with van der Waals surface area (Å²) in [6.45, 7) is 4.05. The van der Waals surface area contributed by atoms with Crippen LogP contribution in [0.2, 0.25) is 0 Å². The van der Waals surface area contributed by atoms with E-state index in [-0.39, 0.29) is 11.6 Å². The van der Waals surface area contributed by atoms with Crippen molar-refractivity contribution >= 4 is 22.6 Å². The van der Waals surface area contributed by atoms with Gasteiger partial charge in [0.2, 0.25) is 5.91 Å². The second kappa shape index (κ2) is 9.17. The molecule has 3 N–H and O–H groups in total. The highest BCUT2D eigenvalue weighted by Crippen LogP contribution is 2.29. The van der Waals surface area contributed by atoms with Gasteiger partial charge >= 0.3 is 11.9 Å². The number of anilines is 1. The second-order valence-corrected chi connectivity index (χ2v) is 7.95. The summed E-state index contributed by atoms with van der Waals surface area (Å²) in [5.41, 5.74) is 1.65. The standard InChI is InChI=1S/C22H24F3N5O2/c23-22(24,25)16-3-1-2-15(12-16)14-30-10-8-29(9-11-30)7-6-20(31)26-17-4-5-18-19(13-17)28-21(32)27-18/h1-5,12-13H,6-11,14H2,(H,26,31)(H2,27,28,32). The van der Waals surface area contributed by atoms with E-state index < -0.39 is 11.7 Å². The number of rotatable bonds is 6. The van der Waals surface area contributed by atoms with Gasteiger partial charge in [0.05, 0.1) is 16.6 Å². The first-order valence-electron chi connectivity index (χ1n) is 10.4. The van der Waals surface area contributed by atoms with Crippen LogP contribution in [0.4, 0.5) is 18.9 Å². The predicted octanol–water partition coefficient (Wildman–Crippen LogP) is 3.02. The number of hydrogen-bond donors (Lipinski definition) is 3. The predicted molar refractivity (Wildman–Crippen MR) is 115 cm³/mol. The Balaban J connectivity index is 1.22. The van der Waals surface area contributed by atoms with Gasteiger partial charge in [0.25, 0.3) is 0 Å². The van der Waals surface area contributed by atoms with Crippen LogP contribution in [-0.4, -0.2) is 58.4 Å². The number of benzene rings is 2. The Hall–Kier alpha value is -3.11. The number of nitrogens with zero attached hydrogens (tertiary/aromatic N) is 2. The number of aromatic amines is 2. The van der Waals surface area contributed by atoms with Crippen LogP contribution in [0.15, 0.2) is 47.3 Å². The number of alkyl halides is 3. The monoisotopic (exact) mass is 447 g/mol. The zero-order valence-electron chi connectivity index (χ0n) is 17.3. The van der Waals surface area contributed by atoms with Crippen molar-refractivity contribution in [2.45, 2.75) is 19.1 Å². The van der Waals surface area contributed by atoms with Gasteiger partial charge in [0, 0.05) is 51.4 Å². The first kappa shape index (κ1) is 22.1. The van der Waals surface area contributed by atoms with E-state index in [1.54, 1.807) is 24.3 Å². The quantitative estimate of drug-likeness (QED) is 0.543. The number of nitrogens with one attached hydrogen (secondary N) is 3. The Bertz CT molecular complexity index is 1150. The zero-order valence-corrected chi connectivity index (χ0v) is 17.3. The Morgan fingerprint density at radius 1 is 0.969 bits per heavy atom. The topological polar surface area (TPSA) is 84.2 Å². The highest BCUT2D eigenvalue weighted by Gasteiger charge is 2.30. The number of aromatic nitrogens is 2. The first-order valence-corrected chi connectivity index (χ1v) is 10.4. The summed E-state index contributed by atoms with van der Waals surface area (Å²) < 4.78 is 38.7. The average Bonchev–Trinajstić information content (AvgIpc) is 3.12. The molecule has 7 nitrogen and oxygen atoms in total. The molecule has 0 spiro atoms. The molecule has 0 saturated carbocycles. The molecule has 4 rings (SSSR count). The molecule has 3 aromatic rings. The highest BCUT2D eigenvalue weighted by atomic mass is 19.4. The van der Waals surface area contributed by atoms with Crippen molar-refractivity contribution in [2.24, 2.45) is 0 Å². The van der Waals surface area contributed by atoms with E-state index >= 15 is 0 Å². The third-order valence-electron chi connectivity index (χ3n) is 5.58. The first-order chi connectivity index (χ1) is 15.3. The lowest BCUT2D eigenvalue weighted by Gasteiger charge is -2.34. The largest absolute Gasteiger partial charge is 0.416 e. The summed E-state index contributed by atoms with van der Waals surface area (Å²) >= 11 is 0. The molecule has 0 unspecified atom stereocenters. The third kappa shape index (κ3) is 5.57. The number of amides is 1. The van der Waals surface area contributed by atoms with E-state index in [0.717, 1.165) is 32.2 Å². The molecule has 10 heteroatoms. The van der Waals surface area contributed by atoms with E-state index in [1.807, 2.05) is 0 Å². The summed E-state index contributed by atoms with van der Waals surface area (Å²) in [6.07, 6.45) is -4.00. The summed E-state index contributed by atoms with van der Waals surface area (Å²) in [5, 5.41) is 2.84. The Labute approximate surface area is 182 Å². The Kier molecular flexibility index (Phi) is 6.33. The lowest BCUT2D eigenvalue weighted by atomic mass is 10.1. The van der Waals surface area contributed by atoms with Gasteiger partial charge in [-0.15, -0.1) is 0 Å². The minimum atomic E-state index is -4.33. The molecule has 1 fully saturated rings. The minimum Gasteiger partial charge on any atom is -0.326 e. The van der Waals surface area contributed by atoms with E-state index in [9.17, 15) is 22.8 Å². The van der Waals surface area contributed by atoms with Crippen molar-refractivity contribution in [1.29, 1.82) is 0 Å². The molecule has 1 amide bonds. The van der Waals surface area contributed by atoms with Crippen molar-refractivity contribution in [3.05, 3.63) is 64.1 Å². The normalized spacial score (nSPS) is 15.8. The van der Waals surface area contributed by atoms with E-state index in [0.29, 0.717) is 41.8 Å². The van der Waals surface area contributed by atoms with Gasteiger partial charge in [-0.3, -0.25) is 9.69 Å². The van der Waals surface area contributed by atoms with Gasteiger partial charge < -0.3 is 20.2 Å². The molecule has 0 atom stereocenters. The maximum absolute atomic E-state index is 12.9. The lowest BCUT2D eigenvalue weighted by molar-refractivity contribution is -0.137. The maximum atomic E-state index is 12.9. The zero-order chi connectivity index (χ0) is 22.7. The van der Waals surface area contributed by atoms with Crippen molar-refractivity contribution < 1.29 is 18.0 Å². The van der Waals surface area contributed by atoms with E-state index in [2.05, 4.69) is 25.1 Å². The van der Waals surface area contributed by atoms with Crippen molar-refractivity contribution in [3.63, 3.8) is 0 Å². The number of carbonyl (C=O) groups is 1. The second-order valence-electron chi connectivity index (χ2n) is 7.95. The Morgan fingerprint density at radius 2 is 1.69 bits per heavy atom. The van der Waals surface area contributed by atoms with Crippen LogP contribution in [0.5, 0.6) is 0 Å². The molecule has 32 heavy (non-hydrogen) atoms. The summed E-state index contributed by atoms with van der Waals surface area (Å²) in [5.74, 6) is -0.117. The van der Waals surface area contributed by atoms with Crippen molar-refractivity contribution in [2.75, 3.05) is 38.0 Å². The lowest BCUT2D eigenvalue weighted by Crippen LogP contribution is -2.46. The fourth-order valence-corrected chi connectivity index (χ4v) is 3.87. The van der Waals surface area contributed by atoms with Crippen LogP contribution < -0.4 is 11.0 Å². The fraction of sp³-hybridized carbons (Fsp3) is 0.364. The summed E-state index contributed by atoms with van der Waals surface area (Å²) in [7, 11) is 0. The van der Waals surface area contributed by atoms with Crippen LogP contribution in [0.1, 0.15) is 17.5 Å². The van der Waals surface area contributed by atoms with Gasteiger partial charge in [0.1, 0.15) is 0 Å². The van der Waals surface area contributed by atoms with Crippen LogP contribution in [0.25, 0.3) is 11.0 Å². The smallest absolute Gasteiger partial charge is 0.326 e. The minimum absolute atomic E-state index is 0.117. The maximum Gasteiger partial charge on any atom is 0.416 e. The number of piperazine rings is 1. The van der Waals surface area contributed by atoms with Gasteiger partial charge in [-0.05, 0) is 29.8 Å². The molecule has 170 valence electrons. The van der Waals surface area contributed by atoms with Gasteiger partial charge in [-0.1, -0.05) is 18.2 Å². The molecule has 0 radical (unpaired) electrons. The molecular formula is C22H24F3N5O2. The fourth-order valence-electron chi connectivity index (χ4n) is 3.87. The molecule has 1 aliphatic heterocycles. The van der Waals surface area contributed by atoms with Gasteiger partial charge in [0.15, 0.2) is 0 Å². The number of hydrogen-bond acceptors (Lipinski definition) is 4. The van der Waals surface area contributed by atoms with E-state index in [4.69, 9.17) is 0 Å². The van der Waals surface area contributed by atoms with Crippen molar-refractivity contribution in [1.82, 2.24) is 19.8 Å². The third-order valence-corrected chi connectivity index (χ3v) is 5.58. The molecule has 1 aliphatic rings. The number of fused-ring (bicyclic) bond motifs is 1. The average molecular weight is 447 g/mol. The number of halogens is 3. The van der Waals surface area contributed by atoms with Gasteiger partial charge in [-0.2, -0.15) is 13.2 Å². The SMILES string of the molecule is O=C(CCN1CCN(Cc2cccc(C(F)(F)F)c2)CC1)Nc1ccc2[nH]c(=O)[nH]c2c1. The molecule has 1 aromatic heterocycles. The molecule has 0 aliphatic carbocycles. The highest BCUT2D eigenvalue weighted by molar-refractivity contribution is 5.93. The molecule has 2 aromatic carbocycles. The number of carbonyl (C=O) groups excluding carboxylic acids is 1. The Morgan fingerprint density at radius 3 is 2.44 bits per heavy atom. The summed E-state index contributed by atoms with van der Waals surface area (Å²) in [4.78, 5) is 33.2. The molecule has 0 bridgehead atoms. The van der Waals surface area contributed by atoms with Crippen molar-refractivity contribution in [3.8, 4) is 0 Å². The van der Waals surface area contributed by atoms with Gasteiger partial charge in [-0.25, -0.2) is 4.79 Å². The van der Waals surface area contributed by atoms with Crippen LogP contribution in [-0.2, 0) is 17.5 Å². The van der Waals surface area contributed by atoms with Crippen LogP contribution in [0, 0.1) is 0 Å². The number of imidazole rings is 1. The summed E-state index contributed by atoms with van der Waals surface area (Å²) in [6, 6.07) is 10.6. The molecule has 1 saturated heterocycles. The van der Waals surface area contributed by atoms with E-state index in [1.165, 1.54) is 12.1 Å². The number of H-pyrrole nitrogens is 2.